The van der Waals surface area contributed by atoms with Crippen LogP contribution in [-0.2, 0) is 11.3 Å². The second kappa shape index (κ2) is 8.19. The van der Waals surface area contributed by atoms with Crippen LogP contribution in [0, 0.1) is 0 Å². The summed E-state index contributed by atoms with van der Waals surface area (Å²) in [5.41, 5.74) is 6.97. The van der Waals surface area contributed by atoms with Crippen LogP contribution < -0.4 is 16.4 Å². The van der Waals surface area contributed by atoms with Crippen LogP contribution in [0.1, 0.15) is 23.6 Å². The number of rotatable bonds is 6. The average molecular weight is 332 g/mol. The van der Waals surface area contributed by atoms with Crippen molar-refractivity contribution in [3.63, 3.8) is 0 Å². The Bertz CT molecular complexity index is 659. The number of halogens is 1. The predicted molar refractivity (Wildman–Crippen MR) is 89.8 cm³/mol. The molecule has 0 aliphatic heterocycles. The molecule has 3 amide bonds. The van der Waals surface area contributed by atoms with E-state index in [9.17, 15) is 9.59 Å². The maximum Gasteiger partial charge on any atom is 0.312 e. The van der Waals surface area contributed by atoms with Gasteiger partial charge in [-0.05, 0) is 23.3 Å². The third-order valence-corrected chi connectivity index (χ3v) is 3.56. The number of carbonyl (C=O) groups excluding carboxylic acids is 2. The molecule has 0 saturated heterocycles. The molecule has 0 aliphatic rings. The minimum atomic E-state index is -0.680. The molecular weight excluding hydrogens is 314 g/mol. The van der Waals surface area contributed by atoms with Gasteiger partial charge in [-0.2, -0.15) is 0 Å². The van der Waals surface area contributed by atoms with Crippen LogP contribution in [0.4, 0.5) is 4.79 Å². The van der Waals surface area contributed by atoms with Gasteiger partial charge in [0.15, 0.2) is 0 Å². The molecule has 0 saturated carbocycles. The quantitative estimate of drug-likeness (QED) is 0.760. The number of carbonyl (C=O) groups is 2. The molecule has 0 radical (unpaired) electrons. The fraction of sp³-hybridized carbons (Fsp3) is 0.176. The van der Waals surface area contributed by atoms with Gasteiger partial charge in [0.1, 0.15) is 0 Å². The van der Waals surface area contributed by atoms with Crippen molar-refractivity contribution in [3.05, 3.63) is 70.7 Å². The Morgan fingerprint density at radius 2 is 1.70 bits per heavy atom. The molecule has 4 N–H and O–H groups in total. The maximum absolute atomic E-state index is 12.1. The molecule has 0 bridgehead atoms. The number of primary amides is 1. The van der Waals surface area contributed by atoms with E-state index in [1.54, 1.807) is 24.3 Å². The molecule has 2 aromatic carbocycles. The fourth-order valence-electron chi connectivity index (χ4n) is 2.17. The van der Waals surface area contributed by atoms with Gasteiger partial charge in [0, 0.05) is 11.6 Å². The lowest BCUT2D eigenvalue weighted by atomic mass is 10.0. The largest absolute Gasteiger partial charge is 0.352 e. The first kappa shape index (κ1) is 16.8. The van der Waals surface area contributed by atoms with E-state index < -0.39 is 12.1 Å². The highest BCUT2D eigenvalue weighted by Gasteiger charge is 2.17. The molecule has 2 aromatic rings. The molecule has 0 unspecified atom stereocenters. The Balaban J connectivity index is 1.98. The summed E-state index contributed by atoms with van der Waals surface area (Å²) in [5, 5.41) is 5.99. The van der Waals surface area contributed by atoms with Gasteiger partial charge in [0.25, 0.3) is 0 Å². The molecule has 0 spiro atoms. The topological polar surface area (TPSA) is 84.2 Å². The van der Waals surface area contributed by atoms with Crippen molar-refractivity contribution in [2.24, 2.45) is 5.73 Å². The van der Waals surface area contributed by atoms with E-state index in [-0.39, 0.29) is 12.3 Å². The smallest absolute Gasteiger partial charge is 0.312 e. The van der Waals surface area contributed by atoms with Gasteiger partial charge >= 0.3 is 6.03 Å². The van der Waals surface area contributed by atoms with Gasteiger partial charge in [0.05, 0.1) is 12.5 Å². The van der Waals surface area contributed by atoms with Crippen LogP contribution in [0.2, 0.25) is 5.02 Å². The van der Waals surface area contributed by atoms with Crippen LogP contribution in [0.5, 0.6) is 0 Å². The van der Waals surface area contributed by atoms with Gasteiger partial charge in [-0.3, -0.25) is 4.79 Å². The summed E-state index contributed by atoms with van der Waals surface area (Å²) in [6, 6.07) is 15.3. The Labute approximate surface area is 139 Å². The molecule has 120 valence electrons. The van der Waals surface area contributed by atoms with E-state index >= 15 is 0 Å². The first-order valence-electron chi connectivity index (χ1n) is 7.16. The highest BCUT2D eigenvalue weighted by molar-refractivity contribution is 6.30. The minimum Gasteiger partial charge on any atom is -0.352 e. The van der Waals surface area contributed by atoms with Crippen molar-refractivity contribution >= 4 is 23.5 Å². The highest BCUT2D eigenvalue weighted by Crippen LogP contribution is 2.19. The molecule has 1 atom stereocenters. The average Bonchev–Trinajstić information content (AvgIpc) is 2.53. The third-order valence-electron chi connectivity index (χ3n) is 3.31. The van der Waals surface area contributed by atoms with Crippen LogP contribution in [0.15, 0.2) is 54.6 Å². The molecule has 23 heavy (non-hydrogen) atoms. The van der Waals surface area contributed by atoms with Crippen molar-refractivity contribution in [2.45, 2.75) is 19.0 Å². The predicted octanol–water partition coefficient (Wildman–Crippen LogP) is 2.76. The second-order valence-corrected chi connectivity index (χ2v) is 5.52. The molecule has 0 fully saturated rings. The Morgan fingerprint density at radius 1 is 1.04 bits per heavy atom. The molecule has 0 aromatic heterocycles. The summed E-state index contributed by atoms with van der Waals surface area (Å²) >= 11 is 5.85. The lowest BCUT2D eigenvalue weighted by Crippen LogP contribution is -2.36. The van der Waals surface area contributed by atoms with E-state index in [0.29, 0.717) is 11.6 Å². The normalized spacial score (nSPS) is 11.5. The van der Waals surface area contributed by atoms with Crippen molar-refractivity contribution in [1.82, 2.24) is 10.6 Å². The third kappa shape index (κ3) is 5.64. The number of nitrogens with two attached hydrogens (primary N) is 1. The van der Waals surface area contributed by atoms with Gasteiger partial charge in [-0.15, -0.1) is 0 Å². The summed E-state index contributed by atoms with van der Waals surface area (Å²) in [6.45, 7) is 0.434. The lowest BCUT2D eigenvalue weighted by molar-refractivity contribution is -0.121. The number of urea groups is 1. The summed E-state index contributed by atoms with van der Waals surface area (Å²) in [7, 11) is 0. The van der Waals surface area contributed by atoms with Crippen molar-refractivity contribution in [2.75, 3.05) is 0 Å². The van der Waals surface area contributed by atoms with Crippen LogP contribution >= 0.6 is 11.6 Å². The number of benzene rings is 2. The zero-order chi connectivity index (χ0) is 16.7. The van der Waals surface area contributed by atoms with Gasteiger partial charge in [0.2, 0.25) is 5.91 Å². The number of nitrogens with one attached hydrogen (secondary N) is 2. The monoisotopic (exact) mass is 331 g/mol. The molecule has 2 rings (SSSR count). The molecule has 5 nitrogen and oxygen atoms in total. The maximum atomic E-state index is 12.1. The summed E-state index contributed by atoms with van der Waals surface area (Å²) in [6.07, 6.45) is 0.0946. The summed E-state index contributed by atoms with van der Waals surface area (Å²) in [5.74, 6) is -0.178. The van der Waals surface area contributed by atoms with Crippen molar-refractivity contribution in [1.29, 1.82) is 0 Å². The zero-order valence-electron chi connectivity index (χ0n) is 12.5. The van der Waals surface area contributed by atoms with E-state index in [4.69, 9.17) is 17.3 Å². The Morgan fingerprint density at radius 3 is 2.30 bits per heavy atom. The van der Waals surface area contributed by atoms with Crippen LogP contribution in [0.3, 0.4) is 0 Å². The number of hydrogen-bond donors (Lipinski definition) is 3. The first-order chi connectivity index (χ1) is 11.0. The Kier molecular flexibility index (Phi) is 6.00. The van der Waals surface area contributed by atoms with Gasteiger partial charge < -0.3 is 16.4 Å². The number of hydrogen-bond acceptors (Lipinski definition) is 2. The standard InChI is InChI=1S/C17H18ClN3O2/c18-14-8-6-13(7-9-14)15(21-17(19)23)10-16(22)20-11-12-4-2-1-3-5-12/h1-9,15H,10-11H2,(H,20,22)(H3,19,21,23)/t15-/m1/s1. The Hall–Kier alpha value is -2.53. The second-order valence-electron chi connectivity index (χ2n) is 5.08. The van der Waals surface area contributed by atoms with Crippen molar-refractivity contribution < 1.29 is 9.59 Å². The molecule has 6 heteroatoms. The lowest BCUT2D eigenvalue weighted by Gasteiger charge is -2.18. The SMILES string of the molecule is NC(=O)N[C@H](CC(=O)NCc1ccccc1)c1ccc(Cl)cc1. The van der Waals surface area contributed by atoms with E-state index in [1.165, 1.54) is 0 Å². The van der Waals surface area contributed by atoms with Gasteiger partial charge in [-0.25, -0.2) is 4.79 Å². The first-order valence-corrected chi connectivity index (χ1v) is 7.54. The fourth-order valence-corrected chi connectivity index (χ4v) is 2.30. The van der Waals surface area contributed by atoms with Gasteiger partial charge in [-0.1, -0.05) is 54.1 Å². The molecule has 0 heterocycles. The van der Waals surface area contributed by atoms with E-state index in [2.05, 4.69) is 10.6 Å². The van der Waals surface area contributed by atoms with E-state index in [0.717, 1.165) is 11.1 Å². The highest BCUT2D eigenvalue weighted by atomic mass is 35.5. The minimum absolute atomic E-state index is 0.0946. The zero-order valence-corrected chi connectivity index (χ0v) is 13.2. The van der Waals surface area contributed by atoms with Crippen LogP contribution in [-0.4, -0.2) is 11.9 Å². The number of amides is 3. The van der Waals surface area contributed by atoms with Crippen molar-refractivity contribution in [3.8, 4) is 0 Å². The summed E-state index contributed by atoms with van der Waals surface area (Å²) in [4.78, 5) is 23.3. The van der Waals surface area contributed by atoms with E-state index in [1.807, 2.05) is 30.3 Å². The molecule has 0 aliphatic carbocycles. The van der Waals surface area contributed by atoms with Crippen LogP contribution in [0.25, 0.3) is 0 Å². The summed E-state index contributed by atoms with van der Waals surface area (Å²) < 4.78 is 0. The molecular formula is C17H18ClN3O2.